The minimum absolute atomic E-state index is 0.0322. The predicted molar refractivity (Wildman–Crippen MR) is 55.9 cm³/mol. The Morgan fingerprint density at radius 1 is 1.54 bits per heavy atom. The van der Waals surface area contributed by atoms with Crippen molar-refractivity contribution in [3.05, 3.63) is 0 Å². The molecule has 76 valence electrons. The van der Waals surface area contributed by atoms with Gasteiger partial charge in [0.15, 0.2) is 0 Å². The molecule has 0 aromatic rings. The van der Waals surface area contributed by atoms with Crippen molar-refractivity contribution in [1.82, 2.24) is 4.72 Å². The molecule has 0 bridgehead atoms. The van der Waals surface area contributed by atoms with Gasteiger partial charge in [0.2, 0.25) is 10.0 Å². The molecule has 1 fully saturated rings. The zero-order chi connectivity index (χ0) is 10.1. The van der Waals surface area contributed by atoms with Crippen molar-refractivity contribution in [2.45, 2.75) is 25.3 Å². The number of rotatable bonds is 3. The van der Waals surface area contributed by atoms with E-state index in [4.69, 9.17) is 18.0 Å². The Morgan fingerprint density at radius 2 is 2.15 bits per heavy atom. The van der Waals surface area contributed by atoms with Crippen molar-refractivity contribution in [3.63, 3.8) is 0 Å². The highest BCUT2D eigenvalue weighted by atomic mass is 32.2. The normalized spacial score (nSPS) is 29.0. The van der Waals surface area contributed by atoms with Gasteiger partial charge in [0.25, 0.3) is 0 Å². The van der Waals surface area contributed by atoms with Crippen LogP contribution in [-0.4, -0.2) is 25.7 Å². The van der Waals surface area contributed by atoms with Gasteiger partial charge in [-0.3, -0.25) is 0 Å². The molecule has 0 aromatic heterocycles. The maximum absolute atomic E-state index is 11.0. The molecule has 0 spiro atoms. The Kier molecular flexibility index (Phi) is 3.26. The van der Waals surface area contributed by atoms with Crippen molar-refractivity contribution in [3.8, 4) is 0 Å². The van der Waals surface area contributed by atoms with E-state index in [1.807, 2.05) is 0 Å². The van der Waals surface area contributed by atoms with E-state index in [2.05, 4.69) is 4.72 Å². The van der Waals surface area contributed by atoms with Crippen LogP contribution in [0.1, 0.15) is 19.3 Å². The molecule has 2 atom stereocenters. The van der Waals surface area contributed by atoms with Crippen LogP contribution in [0.3, 0.4) is 0 Å². The first-order valence-corrected chi connectivity index (χ1v) is 6.47. The molecule has 1 aliphatic carbocycles. The summed E-state index contributed by atoms with van der Waals surface area (Å²) in [6, 6.07) is -0.0903. The van der Waals surface area contributed by atoms with Crippen molar-refractivity contribution in [2.24, 2.45) is 11.7 Å². The summed E-state index contributed by atoms with van der Waals surface area (Å²) in [6.45, 7) is 0. The molecule has 0 saturated heterocycles. The summed E-state index contributed by atoms with van der Waals surface area (Å²) in [5.41, 5.74) is 5.50. The highest BCUT2D eigenvalue weighted by molar-refractivity contribution is 7.88. The van der Waals surface area contributed by atoms with Gasteiger partial charge in [-0.1, -0.05) is 18.6 Å². The minimum Gasteiger partial charge on any atom is -0.393 e. The molecule has 4 nitrogen and oxygen atoms in total. The van der Waals surface area contributed by atoms with E-state index in [1.165, 1.54) is 0 Å². The SMILES string of the molecule is CS(=O)(=O)NC1CCCC1C(N)=S. The quantitative estimate of drug-likeness (QED) is 0.659. The zero-order valence-corrected chi connectivity index (χ0v) is 9.12. The number of hydrogen-bond donors (Lipinski definition) is 2. The summed E-state index contributed by atoms with van der Waals surface area (Å²) >= 11 is 4.86. The summed E-state index contributed by atoms with van der Waals surface area (Å²) in [6.07, 6.45) is 3.86. The molecule has 2 unspecified atom stereocenters. The third-order valence-corrected chi connectivity index (χ3v) is 3.28. The second-order valence-electron chi connectivity index (χ2n) is 3.44. The first-order chi connectivity index (χ1) is 5.90. The van der Waals surface area contributed by atoms with Crippen LogP contribution in [0.5, 0.6) is 0 Å². The van der Waals surface area contributed by atoms with E-state index in [-0.39, 0.29) is 12.0 Å². The second kappa shape index (κ2) is 3.89. The van der Waals surface area contributed by atoms with Gasteiger partial charge in [-0.05, 0) is 12.8 Å². The van der Waals surface area contributed by atoms with Gasteiger partial charge in [0.05, 0.1) is 11.2 Å². The number of nitrogens with two attached hydrogens (primary N) is 1. The van der Waals surface area contributed by atoms with E-state index in [9.17, 15) is 8.42 Å². The summed E-state index contributed by atoms with van der Waals surface area (Å²) in [5, 5.41) is 0. The van der Waals surface area contributed by atoms with Crippen molar-refractivity contribution in [2.75, 3.05) is 6.26 Å². The van der Waals surface area contributed by atoms with Crippen LogP contribution >= 0.6 is 12.2 Å². The van der Waals surface area contributed by atoms with Gasteiger partial charge in [0.1, 0.15) is 0 Å². The fraction of sp³-hybridized carbons (Fsp3) is 0.857. The van der Waals surface area contributed by atoms with Crippen LogP contribution in [0.15, 0.2) is 0 Å². The van der Waals surface area contributed by atoms with E-state index in [0.717, 1.165) is 25.5 Å². The van der Waals surface area contributed by atoms with Gasteiger partial charge >= 0.3 is 0 Å². The lowest BCUT2D eigenvalue weighted by molar-refractivity contribution is 0.529. The molecule has 13 heavy (non-hydrogen) atoms. The highest BCUT2D eigenvalue weighted by Gasteiger charge is 2.31. The Bertz CT molecular complexity index is 300. The molecular formula is C7H14N2O2S2. The number of thiocarbonyl (C=S) groups is 1. The van der Waals surface area contributed by atoms with Crippen molar-refractivity contribution >= 4 is 27.2 Å². The van der Waals surface area contributed by atoms with Gasteiger partial charge in [-0.15, -0.1) is 0 Å². The summed E-state index contributed by atoms with van der Waals surface area (Å²) < 4.78 is 24.5. The third-order valence-electron chi connectivity index (χ3n) is 2.25. The van der Waals surface area contributed by atoms with Crippen molar-refractivity contribution in [1.29, 1.82) is 0 Å². The van der Waals surface area contributed by atoms with Crippen LogP contribution in [0.2, 0.25) is 0 Å². The number of sulfonamides is 1. The molecular weight excluding hydrogens is 208 g/mol. The fourth-order valence-corrected chi connectivity index (χ4v) is 2.83. The summed E-state index contributed by atoms with van der Waals surface area (Å²) in [4.78, 5) is 0.415. The largest absolute Gasteiger partial charge is 0.393 e. The smallest absolute Gasteiger partial charge is 0.208 e. The summed E-state index contributed by atoms with van der Waals surface area (Å²) in [5.74, 6) is 0.0322. The Hall–Kier alpha value is -0.200. The van der Waals surface area contributed by atoms with Gasteiger partial charge in [0, 0.05) is 12.0 Å². The Labute approximate surface area is 83.9 Å². The molecule has 0 radical (unpaired) electrons. The fourth-order valence-electron chi connectivity index (χ4n) is 1.72. The van der Waals surface area contributed by atoms with Crippen LogP contribution in [0.25, 0.3) is 0 Å². The molecule has 0 aliphatic heterocycles. The maximum atomic E-state index is 11.0. The topological polar surface area (TPSA) is 72.2 Å². The van der Waals surface area contributed by atoms with E-state index < -0.39 is 10.0 Å². The van der Waals surface area contributed by atoms with E-state index in [1.54, 1.807) is 0 Å². The Morgan fingerprint density at radius 3 is 2.62 bits per heavy atom. The van der Waals surface area contributed by atoms with Gasteiger partial charge in [-0.25, -0.2) is 13.1 Å². The van der Waals surface area contributed by atoms with Crippen LogP contribution in [-0.2, 0) is 10.0 Å². The molecule has 1 saturated carbocycles. The zero-order valence-electron chi connectivity index (χ0n) is 7.49. The standard InChI is InChI=1S/C7H14N2O2S2/c1-13(10,11)9-6-4-2-3-5(6)7(8)12/h5-6,9H,2-4H2,1H3,(H2,8,12). The predicted octanol–water partition coefficient (Wildman–Crippen LogP) is -0.00960. The minimum atomic E-state index is -3.14. The molecule has 0 heterocycles. The molecule has 0 aromatic carbocycles. The van der Waals surface area contributed by atoms with Crippen molar-refractivity contribution < 1.29 is 8.42 Å². The molecule has 3 N–H and O–H groups in total. The lowest BCUT2D eigenvalue weighted by Gasteiger charge is -2.18. The first kappa shape index (κ1) is 10.9. The lowest BCUT2D eigenvalue weighted by atomic mass is 10.1. The summed E-state index contributed by atoms with van der Waals surface area (Å²) in [7, 11) is -3.14. The third kappa shape index (κ3) is 3.21. The average Bonchev–Trinajstić information content (AvgIpc) is 2.31. The van der Waals surface area contributed by atoms with Crippen LogP contribution in [0.4, 0.5) is 0 Å². The number of hydrogen-bond acceptors (Lipinski definition) is 3. The van der Waals surface area contributed by atoms with Crippen LogP contribution < -0.4 is 10.5 Å². The second-order valence-corrected chi connectivity index (χ2v) is 5.69. The molecule has 1 aliphatic rings. The molecule has 6 heteroatoms. The Balaban J connectivity index is 2.64. The van der Waals surface area contributed by atoms with Gasteiger partial charge < -0.3 is 5.73 Å². The molecule has 0 amide bonds. The highest BCUT2D eigenvalue weighted by Crippen LogP contribution is 2.26. The van der Waals surface area contributed by atoms with Crippen LogP contribution in [0, 0.1) is 5.92 Å². The maximum Gasteiger partial charge on any atom is 0.208 e. The molecule has 1 rings (SSSR count). The monoisotopic (exact) mass is 222 g/mol. The van der Waals surface area contributed by atoms with E-state index >= 15 is 0 Å². The van der Waals surface area contributed by atoms with Gasteiger partial charge in [-0.2, -0.15) is 0 Å². The first-order valence-electron chi connectivity index (χ1n) is 4.17. The lowest BCUT2D eigenvalue weighted by Crippen LogP contribution is -2.41. The number of nitrogens with one attached hydrogen (secondary N) is 1. The van der Waals surface area contributed by atoms with E-state index in [0.29, 0.717) is 4.99 Å². The average molecular weight is 222 g/mol.